The van der Waals surface area contributed by atoms with Crippen LogP contribution < -0.4 is 0 Å². The number of hydrogen-bond acceptors (Lipinski definition) is 4. The number of benzene rings is 2. The van der Waals surface area contributed by atoms with Gasteiger partial charge in [0.15, 0.2) is 5.78 Å². The highest BCUT2D eigenvalue weighted by Gasteiger charge is 2.45. The summed E-state index contributed by atoms with van der Waals surface area (Å²) in [4.78, 5) is 26.2. The number of esters is 1. The van der Waals surface area contributed by atoms with Crippen LogP contribution in [0.5, 0.6) is 0 Å². The molecule has 0 saturated heterocycles. The molecule has 0 radical (unpaired) electrons. The summed E-state index contributed by atoms with van der Waals surface area (Å²) < 4.78 is 95.1. The summed E-state index contributed by atoms with van der Waals surface area (Å²) in [5.41, 5.74) is -5.14. The second-order valence-corrected chi connectivity index (χ2v) is 8.57. The Balaban J connectivity index is 0.00000352. The van der Waals surface area contributed by atoms with Crippen molar-refractivity contribution in [3.8, 4) is 0 Å². The van der Waals surface area contributed by atoms with Crippen LogP contribution in [0.4, 0.5) is 26.3 Å². The summed E-state index contributed by atoms with van der Waals surface area (Å²) in [6.45, 7) is 2.03. The Bertz CT molecular complexity index is 977. The third-order valence-corrected chi connectivity index (χ3v) is 5.79. The van der Waals surface area contributed by atoms with Crippen molar-refractivity contribution in [2.24, 2.45) is 0 Å². The van der Waals surface area contributed by atoms with Gasteiger partial charge in [0.2, 0.25) is 0 Å². The van der Waals surface area contributed by atoms with Crippen LogP contribution in [0.1, 0.15) is 91.3 Å². The largest absolute Gasteiger partial charge is 0.465 e. The first-order valence-corrected chi connectivity index (χ1v) is 12.7. The van der Waals surface area contributed by atoms with Crippen molar-refractivity contribution in [1.29, 1.82) is 0 Å². The maximum atomic E-state index is 13.6. The molecule has 0 spiro atoms. The van der Waals surface area contributed by atoms with Crippen LogP contribution in [-0.2, 0) is 26.4 Å². The van der Waals surface area contributed by atoms with E-state index in [4.69, 9.17) is 9.30 Å². The molecule has 0 aromatic heterocycles. The van der Waals surface area contributed by atoms with E-state index in [0.29, 0.717) is 24.6 Å². The Hall–Kier alpha value is -2.74. The molecule has 0 bridgehead atoms. The SMILES string of the molecule is CCCCCCCCCCOC(=O)C(C(=O)c1c(C(F)(F)F)cccc1C(F)(F)F)c1ccccc1.O=[PH2+]. The summed E-state index contributed by atoms with van der Waals surface area (Å²) >= 11 is 0. The highest BCUT2D eigenvalue weighted by atomic mass is 31.0. The summed E-state index contributed by atoms with van der Waals surface area (Å²) in [5.74, 6) is -4.76. The van der Waals surface area contributed by atoms with E-state index in [1.165, 1.54) is 39.8 Å². The number of hydrogen-bond donors (Lipinski definition) is 0. The molecule has 11 heteroatoms. The van der Waals surface area contributed by atoms with Gasteiger partial charge in [-0.1, -0.05) is 92.8 Å². The molecule has 38 heavy (non-hydrogen) atoms. The maximum Gasteiger partial charge on any atom is 0.417 e. The Morgan fingerprint density at radius 2 is 1.21 bits per heavy atom. The van der Waals surface area contributed by atoms with Crippen molar-refractivity contribution < 1.29 is 45.2 Å². The molecule has 2 aromatic carbocycles. The van der Waals surface area contributed by atoms with Crippen molar-refractivity contribution in [3.63, 3.8) is 0 Å². The summed E-state index contributed by atoms with van der Waals surface area (Å²) in [6.07, 6.45) is -2.79. The van der Waals surface area contributed by atoms with E-state index in [0.717, 1.165) is 38.5 Å². The second-order valence-electron chi connectivity index (χ2n) is 8.57. The fourth-order valence-electron chi connectivity index (χ4n) is 3.97. The first-order valence-electron chi connectivity index (χ1n) is 12.2. The molecule has 2 unspecified atom stereocenters. The monoisotopic (exact) mass is 565 g/mol. The van der Waals surface area contributed by atoms with Crippen LogP contribution in [0.15, 0.2) is 48.5 Å². The van der Waals surface area contributed by atoms with Gasteiger partial charge in [0, 0.05) is 5.56 Å². The van der Waals surface area contributed by atoms with Gasteiger partial charge >= 0.3 is 27.4 Å². The van der Waals surface area contributed by atoms with Gasteiger partial charge < -0.3 is 4.74 Å². The van der Waals surface area contributed by atoms with Crippen LogP contribution in [0, 0.1) is 0 Å². The molecule has 0 aliphatic heterocycles. The van der Waals surface area contributed by atoms with Gasteiger partial charge in [0.05, 0.1) is 17.7 Å². The zero-order valence-corrected chi connectivity index (χ0v) is 22.2. The van der Waals surface area contributed by atoms with Crippen molar-refractivity contribution in [3.05, 3.63) is 70.8 Å². The van der Waals surface area contributed by atoms with Crippen molar-refractivity contribution >= 4 is 20.9 Å². The average molecular weight is 566 g/mol. The molecule has 4 nitrogen and oxygen atoms in total. The van der Waals surface area contributed by atoms with Crippen molar-refractivity contribution in [2.75, 3.05) is 6.61 Å². The Morgan fingerprint density at radius 1 is 0.737 bits per heavy atom. The van der Waals surface area contributed by atoms with Crippen molar-refractivity contribution in [2.45, 2.75) is 76.6 Å². The average Bonchev–Trinajstić information content (AvgIpc) is 2.88. The first kappa shape index (κ1) is 33.3. The highest BCUT2D eigenvalue weighted by Crippen LogP contribution is 2.41. The molecular weight excluding hydrogens is 533 g/mol. The van der Waals surface area contributed by atoms with Crippen LogP contribution in [0.3, 0.4) is 0 Å². The van der Waals surface area contributed by atoms with Gasteiger partial charge in [0.25, 0.3) is 0 Å². The summed E-state index contributed by atoms with van der Waals surface area (Å²) in [5, 5.41) is 0. The van der Waals surface area contributed by atoms with Gasteiger partial charge in [-0.25, -0.2) is 0 Å². The molecule has 0 amide bonds. The van der Waals surface area contributed by atoms with E-state index in [-0.39, 0.29) is 12.2 Å². The van der Waals surface area contributed by atoms with Crippen molar-refractivity contribution in [1.82, 2.24) is 0 Å². The van der Waals surface area contributed by atoms with Gasteiger partial charge in [-0.05, 0) is 24.1 Å². The number of ketones is 1. The standard InChI is InChI=1S/C27H30F6O3.H2OP/c1-2-3-4-5-6-7-8-12-18-36-25(35)22(19-14-10-9-11-15-19)24(34)23-20(26(28,29)30)16-13-17-21(23)27(31,32)33;1-2/h9-11,13-17,22H,2-8,12,18H2,1H3;2H2/q;+1. The number of carbonyl (C=O) groups excluding carboxylic acids is 2. The van der Waals surface area contributed by atoms with Crippen LogP contribution in [0.2, 0.25) is 0 Å². The molecule has 0 aliphatic rings. The van der Waals surface area contributed by atoms with E-state index in [9.17, 15) is 35.9 Å². The molecule has 0 heterocycles. The number of ether oxygens (including phenoxy) is 1. The smallest absolute Gasteiger partial charge is 0.417 e. The molecule has 0 aliphatic carbocycles. The molecule has 2 rings (SSSR count). The topological polar surface area (TPSA) is 60.4 Å². The molecule has 0 fully saturated rings. The van der Waals surface area contributed by atoms with Gasteiger partial charge in [-0.3, -0.25) is 9.59 Å². The fourth-order valence-corrected chi connectivity index (χ4v) is 3.97. The van der Waals surface area contributed by atoms with E-state index in [2.05, 4.69) is 6.92 Å². The molecule has 210 valence electrons. The molecule has 2 atom stereocenters. The van der Waals surface area contributed by atoms with E-state index >= 15 is 0 Å². The minimum absolute atomic E-state index is 0.0477. The number of unbranched alkanes of at least 4 members (excludes halogenated alkanes) is 7. The predicted octanol–water partition coefficient (Wildman–Crippen LogP) is 8.58. The van der Waals surface area contributed by atoms with Gasteiger partial charge in [-0.2, -0.15) is 26.3 Å². The molecule has 0 N–H and O–H groups in total. The number of Topliss-reactive ketones (excluding diaryl/α,β-unsaturated/α-hetero) is 1. The molecular formula is C27H32F6O4P+. The summed E-state index contributed by atoms with van der Waals surface area (Å²) in [7, 11) is 1.17. The quantitative estimate of drug-likeness (QED) is 0.0610. The number of rotatable bonds is 13. The first-order chi connectivity index (χ1) is 18.0. The van der Waals surface area contributed by atoms with Crippen LogP contribution in [-0.4, -0.2) is 18.4 Å². The molecule has 2 aromatic rings. The molecule has 0 saturated carbocycles. The number of carbonyl (C=O) groups is 2. The Kier molecular flexibility index (Phi) is 14.3. The lowest BCUT2D eigenvalue weighted by Gasteiger charge is -2.21. The third-order valence-electron chi connectivity index (χ3n) is 5.79. The van der Waals surface area contributed by atoms with Crippen LogP contribution in [0.25, 0.3) is 0 Å². The lowest BCUT2D eigenvalue weighted by atomic mass is 9.85. The maximum absolute atomic E-state index is 13.6. The van der Waals surface area contributed by atoms with Crippen LogP contribution >= 0.6 is 9.12 Å². The third kappa shape index (κ3) is 10.2. The second kappa shape index (κ2) is 16.3. The fraction of sp³-hybridized carbons (Fsp3) is 0.481. The van der Waals surface area contributed by atoms with Gasteiger partial charge in [0.1, 0.15) is 5.92 Å². The van der Waals surface area contributed by atoms with E-state index in [1.807, 2.05) is 0 Å². The zero-order valence-electron chi connectivity index (χ0n) is 21.0. The lowest BCUT2D eigenvalue weighted by Crippen LogP contribution is -2.29. The number of halogens is 6. The highest BCUT2D eigenvalue weighted by molar-refractivity contribution is 7.00. The minimum Gasteiger partial charge on any atom is -0.465 e. The van der Waals surface area contributed by atoms with Gasteiger partial charge in [-0.15, -0.1) is 0 Å². The predicted molar refractivity (Wildman–Crippen MR) is 134 cm³/mol. The normalized spacial score (nSPS) is 12.3. The number of alkyl halides is 6. The van der Waals surface area contributed by atoms with E-state index in [1.54, 1.807) is 6.07 Å². The summed E-state index contributed by atoms with van der Waals surface area (Å²) in [6, 6.07) is 8.38. The Morgan fingerprint density at radius 3 is 1.68 bits per heavy atom. The van der Waals surface area contributed by atoms with E-state index < -0.39 is 46.7 Å². The Labute approximate surface area is 220 Å². The lowest BCUT2D eigenvalue weighted by molar-refractivity contribution is -0.146. The minimum atomic E-state index is -5.24. The zero-order chi connectivity index (χ0) is 28.8.